The number of nitrogens with zero attached hydrogens (tertiary/aromatic N) is 4. The van der Waals surface area contributed by atoms with Gasteiger partial charge in [0.25, 0.3) is 5.19 Å². The third kappa shape index (κ3) is 5.00. The number of hydrogen-bond donors (Lipinski definition) is 0. The highest BCUT2D eigenvalue weighted by Gasteiger charge is 2.21. The van der Waals surface area contributed by atoms with Crippen LogP contribution in [0.4, 0.5) is 0 Å². The molecular weight excluding hydrogens is 408 g/mol. The number of ether oxygens (including phenoxy) is 2. The van der Waals surface area contributed by atoms with Crippen molar-refractivity contribution in [3.8, 4) is 16.7 Å². The van der Waals surface area contributed by atoms with Gasteiger partial charge >= 0.3 is 0 Å². The molecule has 1 aromatic carbocycles. The summed E-state index contributed by atoms with van der Waals surface area (Å²) in [5, 5.41) is 0.594. The standard InChI is InChI=1S/C24H24N4O2S/c1-2-12-25-21(4-1)18-10-14-28(15-11-18)16-17-29-19-6-8-20(9-7-19)30-24-27-22-5-3-13-26-23(22)31-24/h1-9,12-13,18H,10-11,14-17H2. The molecule has 4 aromatic rings. The van der Waals surface area contributed by atoms with Gasteiger partial charge in [-0.2, -0.15) is 0 Å². The number of thiazole rings is 1. The number of fused-ring (bicyclic) bond motifs is 1. The molecule has 158 valence electrons. The number of pyridine rings is 2. The fourth-order valence-electron chi connectivity index (χ4n) is 3.86. The van der Waals surface area contributed by atoms with Crippen molar-refractivity contribution in [3.63, 3.8) is 0 Å². The highest BCUT2D eigenvalue weighted by Crippen LogP contribution is 2.30. The number of likely N-dealkylation sites (tertiary alicyclic amines) is 1. The second-order valence-electron chi connectivity index (χ2n) is 7.60. The van der Waals surface area contributed by atoms with Gasteiger partial charge in [-0.05, 0) is 74.5 Å². The van der Waals surface area contributed by atoms with Gasteiger partial charge in [0.1, 0.15) is 28.5 Å². The molecule has 4 heterocycles. The van der Waals surface area contributed by atoms with Gasteiger partial charge in [0.2, 0.25) is 0 Å². The minimum Gasteiger partial charge on any atom is -0.492 e. The van der Waals surface area contributed by atoms with E-state index in [-0.39, 0.29) is 0 Å². The van der Waals surface area contributed by atoms with Crippen LogP contribution in [0.1, 0.15) is 24.5 Å². The molecule has 0 N–H and O–H groups in total. The Balaban J connectivity index is 1.07. The van der Waals surface area contributed by atoms with Crippen LogP contribution in [0.3, 0.4) is 0 Å². The van der Waals surface area contributed by atoms with Gasteiger partial charge in [-0.3, -0.25) is 9.88 Å². The van der Waals surface area contributed by atoms with Crippen LogP contribution in [0.25, 0.3) is 10.3 Å². The Bertz CT molecular complexity index is 1080. The van der Waals surface area contributed by atoms with Gasteiger partial charge in [-0.1, -0.05) is 17.4 Å². The van der Waals surface area contributed by atoms with Crippen molar-refractivity contribution in [1.82, 2.24) is 19.9 Å². The minimum absolute atomic E-state index is 0.581. The lowest BCUT2D eigenvalue weighted by atomic mass is 9.93. The molecule has 1 fully saturated rings. The van der Waals surface area contributed by atoms with Crippen LogP contribution in [0, 0.1) is 0 Å². The van der Waals surface area contributed by atoms with Crippen molar-refractivity contribution in [2.75, 3.05) is 26.2 Å². The summed E-state index contributed by atoms with van der Waals surface area (Å²) in [5.74, 6) is 2.17. The number of benzene rings is 1. The van der Waals surface area contributed by atoms with Crippen molar-refractivity contribution >= 4 is 21.7 Å². The van der Waals surface area contributed by atoms with E-state index in [1.165, 1.54) is 17.0 Å². The van der Waals surface area contributed by atoms with Gasteiger partial charge in [-0.15, -0.1) is 0 Å². The average molecular weight is 433 g/mol. The zero-order valence-electron chi connectivity index (χ0n) is 17.2. The third-order valence-electron chi connectivity index (χ3n) is 5.55. The number of rotatable bonds is 7. The van der Waals surface area contributed by atoms with E-state index >= 15 is 0 Å². The van der Waals surface area contributed by atoms with Crippen LogP contribution in [0.15, 0.2) is 67.0 Å². The van der Waals surface area contributed by atoms with E-state index < -0.39 is 0 Å². The van der Waals surface area contributed by atoms with Gasteiger partial charge < -0.3 is 9.47 Å². The van der Waals surface area contributed by atoms with Crippen molar-refractivity contribution < 1.29 is 9.47 Å². The van der Waals surface area contributed by atoms with E-state index in [1.807, 2.05) is 48.7 Å². The summed E-state index contributed by atoms with van der Waals surface area (Å²) in [4.78, 5) is 16.6. The topological polar surface area (TPSA) is 60.4 Å². The first-order valence-electron chi connectivity index (χ1n) is 10.6. The summed E-state index contributed by atoms with van der Waals surface area (Å²) in [6.45, 7) is 3.80. The fourth-order valence-corrected chi connectivity index (χ4v) is 4.64. The number of hydrogen-bond acceptors (Lipinski definition) is 7. The molecule has 0 amide bonds. The monoisotopic (exact) mass is 432 g/mol. The summed E-state index contributed by atoms with van der Waals surface area (Å²) in [6, 6.07) is 17.7. The summed E-state index contributed by atoms with van der Waals surface area (Å²) in [5.41, 5.74) is 2.08. The molecule has 3 aromatic heterocycles. The fraction of sp³-hybridized carbons (Fsp3) is 0.292. The first kappa shape index (κ1) is 19.9. The average Bonchev–Trinajstić information content (AvgIpc) is 3.24. The van der Waals surface area contributed by atoms with E-state index in [0.717, 1.165) is 54.3 Å². The second-order valence-corrected chi connectivity index (χ2v) is 8.54. The first-order chi connectivity index (χ1) is 15.3. The molecule has 1 aliphatic heterocycles. The SMILES string of the molecule is c1ccc(C2CCN(CCOc3ccc(Oc4nc5cccnc5s4)cc3)CC2)nc1. The highest BCUT2D eigenvalue weighted by molar-refractivity contribution is 7.19. The van der Waals surface area contributed by atoms with Gasteiger partial charge in [0.15, 0.2) is 0 Å². The Morgan fingerprint density at radius 3 is 2.48 bits per heavy atom. The summed E-state index contributed by atoms with van der Waals surface area (Å²) >= 11 is 1.44. The molecule has 0 saturated carbocycles. The molecule has 5 rings (SSSR count). The van der Waals surface area contributed by atoms with Crippen LogP contribution in [-0.4, -0.2) is 46.1 Å². The maximum atomic E-state index is 5.94. The molecule has 0 unspecified atom stereocenters. The van der Waals surface area contributed by atoms with Crippen molar-refractivity contribution in [2.24, 2.45) is 0 Å². The highest BCUT2D eigenvalue weighted by atomic mass is 32.1. The Morgan fingerprint density at radius 2 is 1.71 bits per heavy atom. The maximum Gasteiger partial charge on any atom is 0.281 e. The Labute approximate surface area is 185 Å². The van der Waals surface area contributed by atoms with E-state index in [4.69, 9.17) is 9.47 Å². The van der Waals surface area contributed by atoms with Crippen LogP contribution >= 0.6 is 11.3 Å². The van der Waals surface area contributed by atoms with Crippen LogP contribution in [-0.2, 0) is 0 Å². The number of aromatic nitrogens is 3. The van der Waals surface area contributed by atoms with Crippen LogP contribution in [0.5, 0.6) is 16.7 Å². The molecule has 0 aliphatic carbocycles. The smallest absolute Gasteiger partial charge is 0.281 e. The summed E-state index contributed by atoms with van der Waals surface area (Å²) in [6.07, 6.45) is 5.97. The molecule has 6 nitrogen and oxygen atoms in total. The lowest BCUT2D eigenvalue weighted by Gasteiger charge is -2.31. The van der Waals surface area contributed by atoms with Crippen LogP contribution < -0.4 is 9.47 Å². The van der Waals surface area contributed by atoms with Gasteiger partial charge in [-0.25, -0.2) is 9.97 Å². The van der Waals surface area contributed by atoms with Crippen LogP contribution in [0.2, 0.25) is 0 Å². The predicted molar refractivity (Wildman–Crippen MR) is 122 cm³/mol. The molecule has 0 radical (unpaired) electrons. The lowest BCUT2D eigenvalue weighted by Crippen LogP contribution is -2.36. The summed E-state index contributed by atoms with van der Waals surface area (Å²) < 4.78 is 11.8. The Kier molecular flexibility index (Phi) is 6.04. The molecular formula is C24H24N4O2S. The Morgan fingerprint density at radius 1 is 0.903 bits per heavy atom. The summed E-state index contributed by atoms with van der Waals surface area (Å²) in [7, 11) is 0. The van der Waals surface area contributed by atoms with Crippen molar-refractivity contribution in [1.29, 1.82) is 0 Å². The lowest BCUT2D eigenvalue weighted by molar-refractivity contribution is 0.172. The minimum atomic E-state index is 0.581. The molecule has 0 spiro atoms. The zero-order valence-corrected chi connectivity index (χ0v) is 18.0. The normalized spacial score (nSPS) is 15.2. The second kappa shape index (κ2) is 9.41. The largest absolute Gasteiger partial charge is 0.492 e. The first-order valence-corrected chi connectivity index (χ1v) is 11.4. The Hall–Kier alpha value is -3.03. The maximum absolute atomic E-state index is 5.94. The van der Waals surface area contributed by atoms with E-state index in [2.05, 4.69) is 32.0 Å². The van der Waals surface area contributed by atoms with Gasteiger partial charge in [0, 0.05) is 30.6 Å². The molecule has 31 heavy (non-hydrogen) atoms. The molecule has 1 aliphatic rings. The third-order valence-corrected chi connectivity index (χ3v) is 6.40. The molecule has 1 saturated heterocycles. The number of piperidine rings is 1. The van der Waals surface area contributed by atoms with Gasteiger partial charge in [0.05, 0.1) is 0 Å². The zero-order chi connectivity index (χ0) is 20.9. The molecule has 7 heteroatoms. The van der Waals surface area contributed by atoms with E-state index in [9.17, 15) is 0 Å². The molecule has 0 bridgehead atoms. The van der Waals surface area contributed by atoms with E-state index in [0.29, 0.717) is 17.7 Å². The van der Waals surface area contributed by atoms with Crippen molar-refractivity contribution in [3.05, 3.63) is 72.7 Å². The van der Waals surface area contributed by atoms with E-state index in [1.54, 1.807) is 6.20 Å². The molecule has 0 atom stereocenters. The van der Waals surface area contributed by atoms with Crippen molar-refractivity contribution in [2.45, 2.75) is 18.8 Å². The quantitative estimate of drug-likeness (QED) is 0.403. The predicted octanol–water partition coefficient (Wildman–Crippen LogP) is 5.14.